The molecule has 1 aromatic heterocycles. The average Bonchev–Trinajstić information content (AvgIpc) is 2.46. The molecule has 0 aliphatic carbocycles. The molecular formula is C10H14ClNS. The largest absolute Gasteiger partial charge is 0.249 e. The SMILES string of the molecule is Cc1ncsc1/C=C(\CCl)C(C)C. The number of allylic oxidation sites excluding steroid dienone is 1. The summed E-state index contributed by atoms with van der Waals surface area (Å²) in [6.07, 6.45) is 2.16. The predicted molar refractivity (Wildman–Crippen MR) is 60.4 cm³/mol. The van der Waals surface area contributed by atoms with E-state index in [4.69, 9.17) is 11.6 Å². The van der Waals surface area contributed by atoms with Crippen LogP contribution in [0.4, 0.5) is 0 Å². The number of aromatic nitrogens is 1. The number of thiazole rings is 1. The van der Waals surface area contributed by atoms with Crippen molar-refractivity contribution in [3.63, 3.8) is 0 Å². The fourth-order valence-electron chi connectivity index (χ4n) is 0.977. The zero-order chi connectivity index (χ0) is 9.84. The van der Waals surface area contributed by atoms with Crippen molar-refractivity contribution < 1.29 is 0 Å². The number of halogens is 1. The Kier molecular flexibility index (Phi) is 3.94. The van der Waals surface area contributed by atoms with E-state index in [1.807, 2.05) is 12.4 Å². The van der Waals surface area contributed by atoms with Gasteiger partial charge in [0.05, 0.1) is 11.2 Å². The third-order valence-corrected chi connectivity index (χ3v) is 3.18. The fraction of sp³-hybridized carbons (Fsp3) is 0.500. The first-order valence-electron chi connectivity index (χ1n) is 4.31. The predicted octanol–water partition coefficient (Wildman–Crippen LogP) is 3.73. The summed E-state index contributed by atoms with van der Waals surface area (Å²) in [6, 6.07) is 0. The van der Waals surface area contributed by atoms with Crippen molar-refractivity contribution in [3.05, 3.63) is 21.7 Å². The second kappa shape index (κ2) is 4.77. The van der Waals surface area contributed by atoms with Crippen molar-refractivity contribution in [2.75, 3.05) is 5.88 Å². The molecule has 0 N–H and O–H groups in total. The standard InChI is InChI=1S/C10H14ClNS/c1-7(2)9(5-11)4-10-8(3)12-6-13-10/h4,6-7H,5H2,1-3H3/b9-4+. The number of hydrogen-bond donors (Lipinski definition) is 0. The van der Waals surface area contributed by atoms with Crippen LogP contribution >= 0.6 is 22.9 Å². The molecule has 0 bridgehead atoms. The third kappa shape index (κ3) is 2.82. The minimum absolute atomic E-state index is 0.513. The maximum atomic E-state index is 5.85. The van der Waals surface area contributed by atoms with Gasteiger partial charge in [0.2, 0.25) is 0 Å². The zero-order valence-electron chi connectivity index (χ0n) is 8.17. The summed E-state index contributed by atoms with van der Waals surface area (Å²) in [5, 5.41) is 0. The van der Waals surface area contributed by atoms with Gasteiger partial charge in [-0.3, -0.25) is 0 Å². The molecule has 0 amide bonds. The average molecular weight is 216 g/mol. The van der Waals surface area contributed by atoms with Crippen LogP contribution in [0.15, 0.2) is 11.1 Å². The van der Waals surface area contributed by atoms with E-state index in [1.54, 1.807) is 11.3 Å². The van der Waals surface area contributed by atoms with E-state index < -0.39 is 0 Å². The second-order valence-electron chi connectivity index (χ2n) is 3.31. The molecule has 0 fully saturated rings. The first-order chi connectivity index (χ1) is 6.15. The quantitative estimate of drug-likeness (QED) is 0.701. The molecule has 0 aliphatic rings. The van der Waals surface area contributed by atoms with Crippen molar-refractivity contribution in [3.8, 4) is 0 Å². The highest BCUT2D eigenvalue weighted by Crippen LogP contribution is 2.20. The van der Waals surface area contributed by atoms with Crippen molar-refractivity contribution in [1.82, 2.24) is 4.98 Å². The summed E-state index contributed by atoms with van der Waals surface area (Å²) in [6.45, 7) is 6.34. The van der Waals surface area contributed by atoms with Crippen LogP contribution in [0.5, 0.6) is 0 Å². The Hall–Kier alpha value is -0.340. The number of rotatable bonds is 3. The summed E-state index contributed by atoms with van der Waals surface area (Å²) in [5.74, 6) is 1.12. The zero-order valence-corrected chi connectivity index (χ0v) is 9.75. The van der Waals surface area contributed by atoms with Gasteiger partial charge in [0.25, 0.3) is 0 Å². The molecule has 0 spiro atoms. The van der Waals surface area contributed by atoms with Crippen molar-refractivity contribution >= 4 is 29.0 Å². The molecule has 1 nitrogen and oxygen atoms in total. The first-order valence-corrected chi connectivity index (χ1v) is 5.73. The van der Waals surface area contributed by atoms with Crippen LogP contribution in [-0.4, -0.2) is 10.9 Å². The minimum Gasteiger partial charge on any atom is -0.249 e. The van der Waals surface area contributed by atoms with Crippen LogP contribution in [0.25, 0.3) is 6.08 Å². The van der Waals surface area contributed by atoms with Gasteiger partial charge in [-0.2, -0.15) is 0 Å². The van der Waals surface area contributed by atoms with E-state index in [0.29, 0.717) is 11.8 Å². The van der Waals surface area contributed by atoms with Gasteiger partial charge in [-0.1, -0.05) is 19.4 Å². The van der Waals surface area contributed by atoms with Crippen LogP contribution in [0.1, 0.15) is 24.4 Å². The van der Waals surface area contributed by atoms with Gasteiger partial charge in [0.15, 0.2) is 0 Å². The summed E-state index contributed by atoms with van der Waals surface area (Å²) >= 11 is 7.51. The highest BCUT2D eigenvalue weighted by Gasteiger charge is 2.04. The van der Waals surface area contributed by atoms with E-state index in [0.717, 1.165) is 5.69 Å². The molecule has 3 heteroatoms. The van der Waals surface area contributed by atoms with Gasteiger partial charge in [0.1, 0.15) is 0 Å². The molecule has 13 heavy (non-hydrogen) atoms. The lowest BCUT2D eigenvalue weighted by Crippen LogP contribution is -1.94. The maximum absolute atomic E-state index is 5.85. The van der Waals surface area contributed by atoms with Crippen molar-refractivity contribution in [2.24, 2.45) is 5.92 Å². The Labute approximate surface area is 88.5 Å². The highest BCUT2D eigenvalue weighted by atomic mass is 35.5. The van der Waals surface area contributed by atoms with Gasteiger partial charge in [-0.15, -0.1) is 22.9 Å². The smallest absolute Gasteiger partial charge is 0.0801 e. The molecule has 1 aromatic rings. The number of hydrogen-bond acceptors (Lipinski definition) is 2. The van der Waals surface area contributed by atoms with Crippen LogP contribution in [-0.2, 0) is 0 Å². The Bertz CT molecular complexity index is 302. The fourth-order valence-corrected chi connectivity index (χ4v) is 2.13. The molecule has 72 valence electrons. The Balaban J connectivity index is 2.91. The monoisotopic (exact) mass is 215 g/mol. The molecule has 0 atom stereocenters. The van der Waals surface area contributed by atoms with Crippen LogP contribution in [0, 0.1) is 12.8 Å². The number of alkyl halides is 1. The van der Waals surface area contributed by atoms with E-state index in [-0.39, 0.29) is 0 Å². The summed E-state index contributed by atoms with van der Waals surface area (Å²) in [4.78, 5) is 5.42. The van der Waals surface area contributed by atoms with Crippen molar-refractivity contribution in [2.45, 2.75) is 20.8 Å². The lowest BCUT2D eigenvalue weighted by atomic mass is 10.0. The Morgan fingerprint density at radius 2 is 2.38 bits per heavy atom. The van der Waals surface area contributed by atoms with Gasteiger partial charge in [-0.25, -0.2) is 4.98 Å². The molecule has 0 aliphatic heterocycles. The Morgan fingerprint density at radius 1 is 1.69 bits per heavy atom. The third-order valence-electron chi connectivity index (χ3n) is 1.99. The molecular weight excluding hydrogens is 202 g/mol. The summed E-state index contributed by atoms with van der Waals surface area (Å²) in [5.41, 5.74) is 4.23. The molecule has 0 radical (unpaired) electrons. The molecule has 0 saturated heterocycles. The molecule has 1 rings (SSSR count). The number of nitrogens with zero attached hydrogens (tertiary/aromatic N) is 1. The van der Waals surface area contributed by atoms with Crippen LogP contribution < -0.4 is 0 Å². The van der Waals surface area contributed by atoms with Crippen LogP contribution in [0.3, 0.4) is 0 Å². The normalized spacial score (nSPS) is 12.5. The maximum Gasteiger partial charge on any atom is 0.0801 e. The molecule has 0 unspecified atom stereocenters. The first kappa shape index (κ1) is 10.7. The van der Waals surface area contributed by atoms with Crippen LogP contribution in [0.2, 0.25) is 0 Å². The molecule has 0 aromatic carbocycles. The lowest BCUT2D eigenvalue weighted by molar-refractivity contribution is 0.778. The van der Waals surface area contributed by atoms with Gasteiger partial charge in [0, 0.05) is 10.8 Å². The molecule has 0 saturated carbocycles. The highest BCUT2D eigenvalue weighted by molar-refractivity contribution is 7.10. The second-order valence-corrected chi connectivity index (χ2v) is 4.46. The topological polar surface area (TPSA) is 12.9 Å². The van der Waals surface area contributed by atoms with Gasteiger partial charge >= 0.3 is 0 Å². The minimum atomic E-state index is 0.513. The summed E-state index contributed by atoms with van der Waals surface area (Å²) in [7, 11) is 0. The van der Waals surface area contributed by atoms with Gasteiger partial charge in [-0.05, 0) is 18.9 Å². The Morgan fingerprint density at radius 3 is 2.77 bits per heavy atom. The van der Waals surface area contributed by atoms with E-state index in [2.05, 4.69) is 24.9 Å². The molecule has 1 heterocycles. The van der Waals surface area contributed by atoms with E-state index in [9.17, 15) is 0 Å². The summed E-state index contributed by atoms with van der Waals surface area (Å²) < 4.78 is 0. The lowest BCUT2D eigenvalue weighted by Gasteiger charge is -2.06. The van der Waals surface area contributed by atoms with E-state index in [1.165, 1.54) is 10.5 Å². The van der Waals surface area contributed by atoms with Crippen molar-refractivity contribution in [1.29, 1.82) is 0 Å². The van der Waals surface area contributed by atoms with Gasteiger partial charge < -0.3 is 0 Å². The van der Waals surface area contributed by atoms with E-state index >= 15 is 0 Å². The number of aryl methyl sites for hydroxylation is 1.